The molecular weight excluding hydrogens is 252 g/mol. The zero-order valence-corrected chi connectivity index (χ0v) is 12.0. The highest BCUT2D eigenvalue weighted by Gasteiger charge is 2.14. The Morgan fingerprint density at radius 2 is 2.06 bits per heavy atom. The van der Waals surface area contributed by atoms with Gasteiger partial charge in [-0.15, -0.1) is 0 Å². The van der Waals surface area contributed by atoms with Crippen LogP contribution in [0, 0.1) is 0 Å². The van der Waals surface area contributed by atoms with Gasteiger partial charge in [-0.2, -0.15) is 0 Å². The SMILES string of the molecule is CCS(=O)(=O)CCCC(=O)CN1CCCNCC1. The Bertz CT molecular complexity index is 346. The summed E-state index contributed by atoms with van der Waals surface area (Å²) < 4.78 is 22.6. The summed E-state index contributed by atoms with van der Waals surface area (Å²) in [7, 11) is -2.93. The highest BCUT2D eigenvalue weighted by Crippen LogP contribution is 2.01. The van der Waals surface area contributed by atoms with Gasteiger partial charge in [0.15, 0.2) is 0 Å². The van der Waals surface area contributed by atoms with Gasteiger partial charge in [-0.1, -0.05) is 6.92 Å². The summed E-state index contributed by atoms with van der Waals surface area (Å²) in [6.07, 6.45) is 1.90. The molecule has 0 atom stereocenters. The lowest BCUT2D eigenvalue weighted by Crippen LogP contribution is -2.33. The second-order valence-electron chi connectivity index (χ2n) is 4.76. The minimum absolute atomic E-state index is 0.136. The molecular formula is C12H24N2O3S. The van der Waals surface area contributed by atoms with Crippen LogP contribution in [0.3, 0.4) is 0 Å². The molecule has 0 aliphatic carbocycles. The van der Waals surface area contributed by atoms with Crippen LogP contribution < -0.4 is 5.32 Å². The molecule has 0 radical (unpaired) electrons. The lowest BCUT2D eigenvalue weighted by atomic mass is 10.2. The molecule has 0 spiro atoms. The monoisotopic (exact) mass is 276 g/mol. The molecule has 0 amide bonds. The normalized spacial score (nSPS) is 18.5. The summed E-state index contributed by atoms with van der Waals surface area (Å²) in [5.41, 5.74) is 0. The van der Waals surface area contributed by atoms with E-state index in [1.54, 1.807) is 6.92 Å². The number of Topliss-reactive ketones (excluding diaryl/α,β-unsaturated/α-hetero) is 1. The molecule has 6 heteroatoms. The third-order valence-electron chi connectivity index (χ3n) is 3.18. The number of carbonyl (C=O) groups excluding carboxylic acids is 1. The van der Waals surface area contributed by atoms with Crippen LogP contribution in [0.25, 0.3) is 0 Å². The molecule has 1 rings (SSSR count). The molecule has 0 aromatic heterocycles. The van der Waals surface area contributed by atoms with Crippen LogP contribution >= 0.6 is 0 Å². The minimum atomic E-state index is -2.93. The van der Waals surface area contributed by atoms with Gasteiger partial charge in [-0.3, -0.25) is 9.69 Å². The van der Waals surface area contributed by atoms with Crippen LogP contribution in [-0.4, -0.2) is 63.3 Å². The van der Waals surface area contributed by atoms with Crippen molar-refractivity contribution in [1.29, 1.82) is 0 Å². The lowest BCUT2D eigenvalue weighted by Gasteiger charge is -2.18. The van der Waals surface area contributed by atoms with E-state index < -0.39 is 9.84 Å². The molecule has 1 fully saturated rings. The highest BCUT2D eigenvalue weighted by atomic mass is 32.2. The Balaban J connectivity index is 2.20. The fraction of sp³-hybridized carbons (Fsp3) is 0.917. The standard InChI is InChI=1S/C12H24N2O3S/c1-2-18(16,17)10-3-5-12(15)11-14-8-4-6-13-7-9-14/h13H,2-11H2,1H3. The molecule has 1 saturated heterocycles. The first-order valence-electron chi connectivity index (χ1n) is 6.68. The molecule has 0 aromatic carbocycles. The number of sulfone groups is 1. The third-order valence-corrected chi connectivity index (χ3v) is 4.97. The van der Waals surface area contributed by atoms with Crippen molar-refractivity contribution in [2.45, 2.75) is 26.2 Å². The minimum Gasteiger partial charge on any atom is -0.315 e. The van der Waals surface area contributed by atoms with Crippen LogP contribution in [0.5, 0.6) is 0 Å². The topological polar surface area (TPSA) is 66.5 Å². The van der Waals surface area contributed by atoms with Gasteiger partial charge in [0, 0.05) is 25.3 Å². The maximum Gasteiger partial charge on any atom is 0.150 e. The second-order valence-corrected chi connectivity index (χ2v) is 7.23. The van der Waals surface area contributed by atoms with E-state index in [0.29, 0.717) is 19.4 Å². The van der Waals surface area contributed by atoms with E-state index in [4.69, 9.17) is 0 Å². The zero-order chi connectivity index (χ0) is 13.4. The summed E-state index contributed by atoms with van der Waals surface area (Å²) in [4.78, 5) is 13.9. The maximum atomic E-state index is 11.7. The lowest BCUT2D eigenvalue weighted by molar-refractivity contribution is -0.120. The van der Waals surface area contributed by atoms with Gasteiger partial charge in [0.2, 0.25) is 0 Å². The van der Waals surface area contributed by atoms with E-state index in [-0.39, 0.29) is 17.3 Å². The average molecular weight is 276 g/mol. The summed E-state index contributed by atoms with van der Waals surface area (Å²) in [5, 5.41) is 3.29. The van der Waals surface area contributed by atoms with Gasteiger partial charge in [-0.25, -0.2) is 8.42 Å². The molecule has 1 heterocycles. The Kier molecular flexibility index (Phi) is 6.81. The van der Waals surface area contributed by atoms with E-state index in [2.05, 4.69) is 10.2 Å². The number of nitrogens with zero attached hydrogens (tertiary/aromatic N) is 1. The first kappa shape index (κ1) is 15.6. The molecule has 1 aliphatic rings. The first-order chi connectivity index (χ1) is 8.53. The van der Waals surface area contributed by atoms with Crippen molar-refractivity contribution in [2.24, 2.45) is 0 Å². The van der Waals surface area contributed by atoms with Crippen molar-refractivity contribution >= 4 is 15.6 Å². The van der Waals surface area contributed by atoms with E-state index >= 15 is 0 Å². The number of ketones is 1. The van der Waals surface area contributed by atoms with E-state index in [9.17, 15) is 13.2 Å². The van der Waals surface area contributed by atoms with Crippen molar-refractivity contribution < 1.29 is 13.2 Å². The zero-order valence-electron chi connectivity index (χ0n) is 11.2. The molecule has 1 N–H and O–H groups in total. The van der Waals surface area contributed by atoms with Crippen molar-refractivity contribution in [3.63, 3.8) is 0 Å². The number of hydrogen-bond acceptors (Lipinski definition) is 5. The number of rotatable bonds is 7. The first-order valence-corrected chi connectivity index (χ1v) is 8.51. The van der Waals surface area contributed by atoms with Gasteiger partial charge in [0.05, 0.1) is 12.3 Å². The summed E-state index contributed by atoms with van der Waals surface area (Å²) >= 11 is 0. The predicted octanol–water partition coefficient (Wildman–Crippen LogP) is 0.0657. The van der Waals surface area contributed by atoms with E-state index in [1.807, 2.05) is 0 Å². The molecule has 18 heavy (non-hydrogen) atoms. The molecule has 0 saturated carbocycles. The third kappa shape index (κ3) is 6.47. The number of nitrogens with one attached hydrogen (secondary N) is 1. The number of carbonyl (C=O) groups is 1. The smallest absolute Gasteiger partial charge is 0.150 e. The van der Waals surface area contributed by atoms with Crippen LogP contribution in [0.15, 0.2) is 0 Å². The van der Waals surface area contributed by atoms with Crippen molar-refractivity contribution in [2.75, 3.05) is 44.2 Å². The molecule has 0 unspecified atom stereocenters. The fourth-order valence-electron chi connectivity index (χ4n) is 2.02. The second kappa shape index (κ2) is 7.86. The van der Waals surface area contributed by atoms with Crippen molar-refractivity contribution in [3.8, 4) is 0 Å². The molecule has 0 bridgehead atoms. The maximum absolute atomic E-state index is 11.7. The quantitative estimate of drug-likeness (QED) is 0.712. The Morgan fingerprint density at radius 1 is 1.28 bits per heavy atom. The summed E-state index contributed by atoms with van der Waals surface area (Å²) in [6, 6.07) is 0. The van der Waals surface area contributed by atoms with Gasteiger partial charge >= 0.3 is 0 Å². The van der Waals surface area contributed by atoms with Crippen LogP contribution in [0.1, 0.15) is 26.2 Å². The predicted molar refractivity (Wildman–Crippen MR) is 72.5 cm³/mol. The van der Waals surface area contributed by atoms with Crippen LogP contribution in [-0.2, 0) is 14.6 Å². The summed E-state index contributed by atoms with van der Waals surface area (Å²) in [5.74, 6) is 0.457. The average Bonchev–Trinajstić information content (AvgIpc) is 2.57. The highest BCUT2D eigenvalue weighted by molar-refractivity contribution is 7.91. The Labute approximate surface area is 110 Å². The fourth-order valence-corrected chi connectivity index (χ4v) is 2.89. The Hall–Kier alpha value is -0.460. The Morgan fingerprint density at radius 3 is 2.78 bits per heavy atom. The molecule has 1 aliphatic heterocycles. The van der Waals surface area contributed by atoms with Crippen LogP contribution in [0.4, 0.5) is 0 Å². The van der Waals surface area contributed by atoms with E-state index in [1.165, 1.54) is 0 Å². The number of hydrogen-bond donors (Lipinski definition) is 1. The van der Waals surface area contributed by atoms with Crippen molar-refractivity contribution in [1.82, 2.24) is 10.2 Å². The molecule has 106 valence electrons. The van der Waals surface area contributed by atoms with Crippen molar-refractivity contribution in [3.05, 3.63) is 0 Å². The molecule has 0 aromatic rings. The van der Waals surface area contributed by atoms with Gasteiger partial charge in [0.25, 0.3) is 0 Å². The van der Waals surface area contributed by atoms with Gasteiger partial charge < -0.3 is 5.32 Å². The largest absolute Gasteiger partial charge is 0.315 e. The van der Waals surface area contributed by atoms with E-state index in [0.717, 1.165) is 32.6 Å². The summed E-state index contributed by atoms with van der Waals surface area (Å²) in [6.45, 7) is 5.90. The molecule has 5 nitrogen and oxygen atoms in total. The van der Waals surface area contributed by atoms with Crippen LogP contribution in [0.2, 0.25) is 0 Å². The van der Waals surface area contributed by atoms with Gasteiger partial charge in [-0.05, 0) is 25.9 Å². The van der Waals surface area contributed by atoms with Gasteiger partial charge in [0.1, 0.15) is 15.6 Å².